The van der Waals surface area contributed by atoms with Crippen LogP contribution in [0.1, 0.15) is 5.56 Å². The molecular weight excluding hydrogens is 1070 g/mol. The minimum absolute atomic E-state index is 1.20. The predicted octanol–water partition coefficient (Wildman–Crippen LogP) is 20.6. The van der Waals surface area contributed by atoms with Crippen molar-refractivity contribution >= 4 is 159 Å². The van der Waals surface area contributed by atoms with Crippen molar-refractivity contribution in [1.82, 2.24) is 13.7 Å². The fourth-order valence-electron chi connectivity index (χ4n) is 11.6. The highest BCUT2D eigenvalue weighted by molar-refractivity contribution is 14.2. The fraction of sp³-hybridized carbons (Fsp3) is 0.0149. The molecule has 16 rings (SSSR count). The van der Waals surface area contributed by atoms with Crippen molar-refractivity contribution in [3.05, 3.63) is 248 Å². The van der Waals surface area contributed by atoms with E-state index in [0.29, 0.717) is 0 Å². The van der Waals surface area contributed by atoms with Gasteiger partial charge in [-0.05, 0) is 112 Å². The number of aromatic nitrogens is 3. The number of thiophene rings is 2. The lowest BCUT2D eigenvalue weighted by Crippen LogP contribution is -1.95. The summed E-state index contributed by atoms with van der Waals surface area (Å²) in [5, 5.41) is 12.7. The summed E-state index contributed by atoms with van der Waals surface area (Å²) < 4.78 is 12.6. The van der Waals surface area contributed by atoms with Crippen molar-refractivity contribution in [3.8, 4) is 28.2 Å². The topological polar surface area (TPSA) is 14.8 Å². The first-order valence-corrected chi connectivity index (χ1v) is 29.6. The first kappa shape index (κ1) is 45.0. The molecule has 0 aliphatic carbocycles. The molecule has 5 heterocycles. The molecule has 74 heavy (non-hydrogen) atoms. The van der Waals surface area contributed by atoms with Gasteiger partial charge in [0.2, 0.25) is 0 Å². The van der Waals surface area contributed by atoms with Crippen LogP contribution in [0.15, 0.2) is 243 Å². The molecule has 7 heteroatoms. The molecule has 0 aliphatic heterocycles. The Morgan fingerprint density at radius 3 is 1.07 bits per heavy atom. The van der Waals surface area contributed by atoms with E-state index < -0.39 is 0 Å². The number of hydrogen-bond donors (Lipinski definition) is 1. The number of hydrogen-bond acceptors (Lipinski definition) is 3. The van der Waals surface area contributed by atoms with Crippen molar-refractivity contribution in [2.45, 2.75) is 6.92 Å². The molecule has 5 aromatic heterocycles. The third-order valence-electron chi connectivity index (χ3n) is 14.8. The van der Waals surface area contributed by atoms with Gasteiger partial charge in [0.15, 0.2) is 0 Å². The lowest BCUT2D eigenvalue weighted by atomic mass is 9.99. The van der Waals surface area contributed by atoms with Crippen molar-refractivity contribution in [3.63, 3.8) is 0 Å². The van der Waals surface area contributed by atoms with E-state index in [0.717, 1.165) is 0 Å². The first-order chi connectivity index (χ1) is 36.7. The lowest BCUT2D eigenvalue weighted by molar-refractivity contribution is 1.20. The van der Waals surface area contributed by atoms with Gasteiger partial charge in [-0.15, -0.1) is 32.5 Å². The van der Waals surface area contributed by atoms with E-state index in [9.17, 15) is 0 Å². The Kier molecular flexibility index (Phi) is 11.2. The number of rotatable bonds is 4. The molecule has 0 saturated carbocycles. The molecule has 0 atom stereocenters. The molecule has 0 N–H and O–H groups in total. The molecule has 0 amide bonds. The van der Waals surface area contributed by atoms with Crippen LogP contribution in [0.4, 0.5) is 0 Å². The largest absolute Gasteiger partial charge is 0.308 e. The molecule has 0 aliphatic rings. The Hall–Kier alpha value is -7.66. The van der Waals surface area contributed by atoms with Gasteiger partial charge in [-0.2, -0.15) is 0 Å². The van der Waals surface area contributed by atoms with Crippen molar-refractivity contribution in [2.24, 2.45) is 0 Å². The summed E-state index contributed by atoms with van der Waals surface area (Å²) in [7, 11) is 3.50. The zero-order valence-corrected chi connectivity index (χ0v) is 44.8. The zero-order valence-electron chi connectivity index (χ0n) is 40.1. The van der Waals surface area contributed by atoms with Crippen LogP contribution in [0.2, 0.25) is 0 Å². The van der Waals surface area contributed by atoms with Crippen LogP contribution in [0.5, 0.6) is 0 Å². The highest BCUT2D eigenvalue weighted by atomic mass is 127. The smallest absolute Gasteiger partial charge is 0.0647 e. The van der Waals surface area contributed by atoms with Crippen LogP contribution in [-0.4, -0.2) is 13.7 Å². The van der Waals surface area contributed by atoms with E-state index in [2.05, 4.69) is 255 Å². The quantitative estimate of drug-likeness (QED) is 0.133. The summed E-state index contributed by atoms with van der Waals surface area (Å²) in [6.45, 7) is 2.08. The molecule has 0 fully saturated rings. The third-order valence-corrected chi connectivity index (χ3v) is 17.2. The Bertz CT molecular complexity index is 4680. The Morgan fingerprint density at radius 1 is 0.284 bits per heavy atom. The monoisotopic (exact) mass is 1110 g/mol. The Balaban J connectivity index is 0.000000516. The van der Waals surface area contributed by atoms with Gasteiger partial charge in [-0.1, -0.05) is 175 Å². The normalized spacial score (nSPS) is 11.7. The molecule has 0 spiro atoms. The summed E-state index contributed by atoms with van der Waals surface area (Å²) in [4.78, 5) is 0. The van der Waals surface area contributed by atoms with Gasteiger partial charge in [0.25, 0.3) is 0 Å². The summed E-state index contributed by atoms with van der Waals surface area (Å²) in [5.41, 5.74) is 14.7. The van der Waals surface area contributed by atoms with Gasteiger partial charge < -0.3 is 13.7 Å². The number of aryl methyl sites for hydroxylation is 1. The fourth-order valence-corrected chi connectivity index (χ4v) is 14.1. The molecule has 0 radical (unpaired) electrons. The lowest BCUT2D eigenvalue weighted by Gasteiger charge is -2.13. The highest BCUT2D eigenvalue weighted by Crippen LogP contribution is 2.48. The van der Waals surface area contributed by atoms with E-state index in [1.54, 1.807) is 0 Å². The van der Waals surface area contributed by atoms with Crippen LogP contribution in [0.25, 0.3) is 134 Å². The number of halogens is 1. The van der Waals surface area contributed by atoms with E-state index in [1.807, 2.05) is 62.1 Å². The molecule has 0 bridgehead atoms. The average molecular weight is 1110 g/mol. The average Bonchev–Trinajstić information content (AvgIpc) is 4.31. The second-order valence-electron chi connectivity index (χ2n) is 18.9. The van der Waals surface area contributed by atoms with Crippen LogP contribution in [0, 0.1) is 6.92 Å². The van der Waals surface area contributed by atoms with Crippen molar-refractivity contribution in [2.75, 3.05) is 0 Å². The summed E-state index contributed by atoms with van der Waals surface area (Å²) in [5.74, 6) is 0. The molecule has 352 valence electrons. The Morgan fingerprint density at radius 2 is 0.635 bits per heavy atom. The maximum atomic E-state index is 3.50. The standard InChI is InChI=1S/C60H35N3S2.C7H8.HIS/c1-7-23-48-38(15-1)39-16-2-8-24-49(39)61(48)54-29-13-21-44-46-33-36(31-32-57(46)64-58(44)54)37-34-47-45-22-14-30-55(62-50-25-9-3-17-40(50)41-18-4-10-26-51(41)62)59(45)65-60(47)56(35-37)63-52-27-11-5-19-42(52)43-20-6-12-28-53(43)63;1-7-5-3-2-4-6-7;1-2/h1-35H;2-6H,1H3;2H. The molecule has 0 unspecified atom stereocenters. The van der Waals surface area contributed by atoms with Crippen LogP contribution in [0.3, 0.4) is 0 Å². The molecule has 0 saturated heterocycles. The summed E-state index contributed by atoms with van der Waals surface area (Å²) >= 11 is 5.65. The number of benzene rings is 11. The zero-order chi connectivity index (χ0) is 49.4. The minimum Gasteiger partial charge on any atom is -0.308 e. The molecule has 16 aromatic rings. The van der Waals surface area contributed by atoms with Gasteiger partial charge in [-0.3, -0.25) is 0 Å². The number of fused-ring (bicyclic) bond motifs is 15. The van der Waals surface area contributed by atoms with Gasteiger partial charge in [0.1, 0.15) is 0 Å². The van der Waals surface area contributed by atoms with Gasteiger partial charge in [0, 0.05) is 58.6 Å². The third kappa shape index (κ3) is 7.05. The second kappa shape index (κ2) is 18.4. The molecule has 11 aromatic carbocycles. The number of thiol groups is 1. The number of para-hydroxylation sites is 6. The summed E-state index contributed by atoms with van der Waals surface area (Å²) in [6.07, 6.45) is 0. The maximum Gasteiger partial charge on any atom is 0.0647 e. The van der Waals surface area contributed by atoms with E-state index in [1.165, 1.54) is 140 Å². The van der Waals surface area contributed by atoms with Crippen LogP contribution < -0.4 is 0 Å². The second-order valence-corrected chi connectivity index (χ2v) is 20.9. The van der Waals surface area contributed by atoms with Crippen LogP contribution >= 0.6 is 53.7 Å². The van der Waals surface area contributed by atoms with Gasteiger partial charge >= 0.3 is 0 Å². The van der Waals surface area contributed by atoms with Crippen molar-refractivity contribution < 1.29 is 0 Å². The first-order valence-electron chi connectivity index (χ1n) is 24.8. The molecular formula is C67H44IN3S3. The Labute approximate surface area is 452 Å². The minimum atomic E-state index is 1.20. The SMILES string of the molecule is Cc1ccccc1.SI.c1cc(-n2c3ccccc3c3ccccc32)c2sc3ccc(-c4cc(-n5c6ccccc6c6ccccc65)c5sc6c(-n7c8ccccc8c8ccccc87)cccc6c5c4)cc3c2c1. The molecule has 3 nitrogen and oxygen atoms in total. The maximum absolute atomic E-state index is 3.50. The number of nitrogens with zero attached hydrogens (tertiary/aromatic N) is 3. The van der Waals surface area contributed by atoms with Crippen molar-refractivity contribution in [1.29, 1.82) is 0 Å². The predicted molar refractivity (Wildman–Crippen MR) is 335 cm³/mol. The van der Waals surface area contributed by atoms with E-state index in [4.69, 9.17) is 0 Å². The highest BCUT2D eigenvalue weighted by Gasteiger charge is 2.22. The van der Waals surface area contributed by atoms with Crippen LogP contribution in [-0.2, 0) is 0 Å². The summed E-state index contributed by atoms with van der Waals surface area (Å²) in [6, 6.07) is 89.1. The van der Waals surface area contributed by atoms with Gasteiger partial charge in [0.05, 0.1) is 64.3 Å². The van der Waals surface area contributed by atoms with E-state index in [-0.39, 0.29) is 0 Å². The van der Waals surface area contributed by atoms with Gasteiger partial charge in [-0.25, -0.2) is 0 Å². The van der Waals surface area contributed by atoms with E-state index >= 15 is 0 Å².